The molecule has 0 bridgehead atoms. The van der Waals surface area contributed by atoms with Crippen molar-refractivity contribution in [1.82, 2.24) is 15.2 Å². The quantitative estimate of drug-likeness (QED) is 0.775. The highest BCUT2D eigenvalue weighted by molar-refractivity contribution is 5.92. The molecular formula is C16H17N5O2. The molecule has 23 heavy (non-hydrogen) atoms. The maximum absolute atomic E-state index is 12.2. The second-order valence-electron chi connectivity index (χ2n) is 5.70. The van der Waals surface area contributed by atoms with Crippen LogP contribution in [0.4, 0.5) is 11.7 Å². The number of benzene rings is 1. The number of oxazole rings is 1. The summed E-state index contributed by atoms with van der Waals surface area (Å²) in [6.45, 7) is 1.52. The van der Waals surface area contributed by atoms with Gasteiger partial charge in [0, 0.05) is 25.2 Å². The first kappa shape index (κ1) is 13.8. The first-order valence-electron chi connectivity index (χ1n) is 7.70. The van der Waals surface area contributed by atoms with Crippen LogP contribution >= 0.6 is 0 Å². The molecule has 0 spiro atoms. The van der Waals surface area contributed by atoms with Crippen molar-refractivity contribution in [3.05, 3.63) is 36.7 Å². The fourth-order valence-electron chi connectivity index (χ4n) is 2.89. The lowest BCUT2D eigenvalue weighted by Crippen LogP contribution is -2.38. The summed E-state index contributed by atoms with van der Waals surface area (Å²) in [5.41, 5.74) is 2.36. The topological polar surface area (TPSA) is 87.0 Å². The lowest BCUT2D eigenvalue weighted by atomic mass is 9.96. The molecule has 1 aromatic carbocycles. The highest BCUT2D eigenvalue weighted by Gasteiger charge is 2.27. The number of para-hydroxylation sites is 2. The van der Waals surface area contributed by atoms with Gasteiger partial charge in [0.15, 0.2) is 5.58 Å². The van der Waals surface area contributed by atoms with E-state index in [2.05, 4.69) is 25.4 Å². The number of piperidine rings is 1. The first-order chi connectivity index (χ1) is 11.3. The number of carbonyl (C=O) groups is 1. The van der Waals surface area contributed by atoms with Crippen LogP contribution in [0, 0.1) is 5.92 Å². The van der Waals surface area contributed by atoms with Gasteiger partial charge in [0.05, 0.1) is 11.9 Å². The summed E-state index contributed by atoms with van der Waals surface area (Å²) in [4.78, 5) is 18.9. The largest absolute Gasteiger partial charge is 0.423 e. The Labute approximate surface area is 132 Å². The van der Waals surface area contributed by atoms with Crippen molar-refractivity contribution in [3.8, 4) is 0 Å². The summed E-state index contributed by atoms with van der Waals surface area (Å²) >= 11 is 0. The minimum atomic E-state index is 0.00512. The van der Waals surface area contributed by atoms with Crippen molar-refractivity contribution < 1.29 is 9.21 Å². The van der Waals surface area contributed by atoms with Gasteiger partial charge in [-0.25, -0.2) is 0 Å². The summed E-state index contributed by atoms with van der Waals surface area (Å²) in [5, 5.41) is 9.39. The number of fused-ring (bicyclic) bond motifs is 1. The molecule has 0 atom stereocenters. The molecule has 3 aromatic rings. The lowest BCUT2D eigenvalue weighted by Gasteiger charge is -2.29. The Morgan fingerprint density at radius 1 is 1.30 bits per heavy atom. The standard InChI is InChI=1S/C16H17N5O2/c22-15(19-12-9-17-18-10-12)11-5-7-21(8-6-11)16-20-13-3-1-2-4-14(13)23-16/h1-4,9-11H,5-8H2,(H,17,18)(H,19,22). The summed E-state index contributed by atoms with van der Waals surface area (Å²) < 4.78 is 5.79. The second-order valence-corrected chi connectivity index (χ2v) is 5.70. The van der Waals surface area contributed by atoms with Crippen molar-refractivity contribution >= 4 is 28.7 Å². The molecule has 1 saturated heterocycles. The molecule has 118 valence electrons. The number of hydrogen-bond acceptors (Lipinski definition) is 5. The van der Waals surface area contributed by atoms with Crippen LogP contribution in [-0.2, 0) is 4.79 Å². The lowest BCUT2D eigenvalue weighted by molar-refractivity contribution is -0.120. The van der Waals surface area contributed by atoms with Crippen molar-refractivity contribution in [3.63, 3.8) is 0 Å². The number of aromatic nitrogens is 3. The van der Waals surface area contributed by atoms with Crippen LogP contribution in [-0.4, -0.2) is 34.2 Å². The molecule has 7 nitrogen and oxygen atoms in total. The van der Waals surface area contributed by atoms with E-state index in [1.165, 1.54) is 0 Å². The van der Waals surface area contributed by atoms with Crippen molar-refractivity contribution in [2.45, 2.75) is 12.8 Å². The van der Waals surface area contributed by atoms with Crippen LogP contribution in [0.2, 0.25) is 0 Å². The first-order valence-corrected chi connectivity index (χ1v) is 7.70. The van der Waals surface area contributed by atoms with Crippen LogP contribution in [0.5, 0.6) is 0 Å². The minimum absolute atomic E-state index is 0.00512. The van der Waals surface area contributed by atoms with E-state index in [9.17, 15) is 4.79 Å². The Bertz CT molecular complexity index is 770. The molecule has 1 amide bonds. The fourth-order valence-corrected chi connectivity index (χ4v) is 2.89. The molecule has 2 aromatic heterocycles. The van der Waals surface area contributed by atoms with Crippen LogP contribution in [0.3, 0.4) is 0 Å². The molecule has 1 aliphatic heterocycles. The number of nitrogens with one attached hydrogen (secondary N) is 2. The smallest absolute Gasteiger partial charge is 0.298 e. The van der Waals surface area contributed by atoms with Gasteiger partial charge in [-0.2, -0.15) is 10.1 Å². The SMILES string of the molecule is O=C(Nc1cn[nH]c1)C1CCN(c2nc3ccccc3o2)CC1. The van der Waals surface area contributed by atoms with E-state index < -0.39 is 0 Å². The Balaban J connectivity index is 1.39. The Morgan fingerprint density at radius 3 is 2.87 bits per heavy atom. The molecule has 0 aliphatic carbocycles. The fraction of sp³-hybridized carbons (Fsp3) is 0.312. The average Bonchev–Trinajstić information content (AvgIpc) is 3.24. The van der Waals surface area contributed by atoms with E-state index in [1.807, 2.05) is 24.3 Å². The monoisotopic (exact) mass is 311 g/mol. The Kier molecular flexibility index (Phi) is 3.45. The Morgan fingerprint density at radius 2 is 2.13 bits per heavy atom. The maximum atomic E-state index is 12.2. The van der Waals surface area contributed by atoms with Crippen molar-refractivity contribution in [1.29, 1.82) is 0 Å². The van der Waals surface area contributed by atoms with Crippen LogP contribution in [0.15, 0.2) is 41.1 Å². The number of aromatic amines is 1. The van der Waals surface area contributed by atoms with Crippen LogP contribution < -0.4 is 10.2 Å². The molecule has 2 N–H and O–H groups in total. The van der Waals surface area contributed by atoms with Gasteiger partial charge >= 0.3 is 0 Å². The predicted octanol–water partition coefficient (Wildman–Crippen LogP) is 2.41. The Hall–Kier alpha value is -2.83. The summed E-state index contributed by atoms with van der Waals surface area (Å²) in [7, 11) is 0. The minimum Gasteiger partial charge on any atom is -0.423 e. The predicted molar refractivity (Wildman–Crippen MR) is 86.2 cm³/mol. The molecule has 0 unspecified atom stereocenters. The number of H-pyrrole nitrogens is 1. The van der Waals surface area contributed by atoms with E-state index in [4.69, 9.17) is 4.42 Å². The third-order valence-electron chi connectivity index (χ3n) is 4.18. The molecule has 0 saturated carbocycles. The average molecular weight is 311 g/mol. The molecule has 7 heteroatoms. The van der Waals surface area contributed by atoms with Crippen molar-refractivity contribution in [2.24, 2.45) is 5.92 Å². The van der Waals surface area contributed by atoms with Gasteiger partial charge in [-0.05, 0) is 25.0 Å². The van der Waals surface area contributed by atoms with Gasteiger partial charge in [-0.1, -0.05) is 12.1 Å². The van der Waals surface area contributed by atoms with E-state index >= 15 is 0 Å². The van der Waals surface area contributed by atoms with Crippen LogP contribution in [0.25, 0.3) is 11.1 Å². The maximum Gasteiger partial charge on any atom is 0.298 e. The third kappa shape index (κ3) is 2.77. The molecule has 3 heterocycles. The van der Waals surface area contributed by atoms with Gasteiger partial charge in [0.1, 0.15) is 5.52 Å². The third-order valence-corrected chi connectivity index (χ3v) is 4.18. The van der Waals surface area contributed by atoms with Crippen LogP contribution in [0.1, 0.15) is 12.8 Å². The zero-order valence-electron chi connectivity index (χ0n) is 12.5. The number of carbonyl (C=O) groups excluding carboxylic acids is 1. The molecule has 1 fully saturated rings. The van der Waals surface area contributed by atoms with E-state index in [0.29, 0.717) is 11.7 Å². The zero-order valence-corrected chi connectivity index (χ0v) is 12.5. The molecule has 4 rings (SSSR count). The second kappa shape index (κ2) is 5.75. The molecule has 0 radical (unpaired) electrons. The highest BCUT2D eigenvalue weighted by Crippen LogP contribution is 2.26. The number of anilines is 2. The van der Waals surface area contributed by atoms with Crippen molar-refractivity contribution in [2.75, 3.05) is 23.3 Å². The summed E-state index contributed by atoms with van der Waals surface area (Å²) in [6, 6.07) is 8.37. The van der Waals surface area contributed by atoms with Gasteiger partial charge in [0.2, 0.25) is 5.91 Å². The van der Waals surface area contributed by atoms with Gasteiger partial charge in [-0.3, -0.25) is 9.89 Å². The molecule has 1 aliphatic rings. The van der Waals surface area contributed by atoms with Gasteiger partial charge in [-0.15, -0.1) is 0 Å². The number of rotatable bonds is 3. The van der Waals surface area contributed by atoms with E-state index in [-0.39, 0.29) is 11.8 Å². The summed E-state index contributed by atoms with van der Waals surface area (Å²) in [5.74, 6) is 0.0501. The van der Waals surface area contributed by atoms with Gasteiger partial charge < -0.3 is 14.6 Å². The number of hydrogen-bond donors (Lipinski definition) is 2. The normalized spacial score (nSPS) is 15.9. The molecular weight excluding hydrogens is 294 g/mol. The van der Waals surface area contributed by atoms with E-state index in [0.717, 1.165) is 37.0 Å². The highest BCUT2D eigenvalue weighted by atomic mass is 16.4. The van der Waals surface area contributed by atoms with E-state index in [1.54, 1.807) is 12.4 Å². The van der Waals surface area contributed by atoms with Gasteiger partial charge in [0.25, 0.3) is 6.01 Å². The number of amides is 1. The zero-order chi connectivity index (χ0) is 15.6. The number of nitrogens with zero attached hydrogens (tertiary/aromatic N) is 3. The summed E-state index contributed by atoms with van der Waals surface area (Å²) in [6.07, 6.45) is 4.83.